The van der Waals surface area contributed by atoms with Gasteiger partial charge in [0.1, 0.15) is 19.0 Å². The summed E-state index contributed by atoms with van der Waals surface area (Å²) in [6.07, 6.45) is 11.0. The standard InChI is InChI=1S/C48H41FO9/c1-32(2)45(50)55-26-21-38-13-9-36(10-14-38)17-19-40-31-41(23-28-57-47(52)34(5)6)42(44(54-30-25-49)43(40)24-29-58-48(53)35(7)8)20-18-37-11-15-39(16-12-37)22-27-56-46(51)33(3)4/h9-16,21-24,26-29,31H,1,3,5,7,25,30H2,2,4,6,8H3/b26-21+,27-22+,28-23+,29-24+. The van der Waals surface area contributed by atoms with Crippen LogP contribution in [0, 0.1) is 23.7 Å². The molecule has 0 N–H and O–H groups in total. The molecule has 0 radical (unpaired) electrons. The van der Waals surface area contributed by atoms with Crippen LogP contribution in [0.25, 0.3) is 24.3 Å². The second kappa shape index (κ2) is 22.6. The summed E-state index contributed by atoms with van der Waals surface area (Å²) in [7, 11) is 0. The Morgan fingerprint density at radius 1 is 0.569 bits per heavy atom. The lowest BCUT2D eigenvalue weighted by molar-refractivity contribution is -0.134. The van der Waals surface area contributed by atoms with Crippen molar-refractivity contribution >= 4 is 48.2 Å². The maximum Gasteiger partial charge on any atom is 0.337 e. The maximum absolute atomic E-state index is 13.7. The lowest BCUT2D eigenvalue weighted by Gasteiger charge is -2.15. The zero-order valence-corrected chi connectivity index (χ0v) is 32.6. The van der Waals surface area contributed by atoms with Crippen LogP contribution in [0.3, 0.4) is 0 Å². The summed E-state index contributed by atoms with van der Waals surface area (Å²) in [6.45, 7) is 19.2. The molecule has 0 aliphatic carbocycles. The zero-order chi connectivity index (χ0) is 42.6. The molecule has 0 aliphatic rings. The summed E-state index contributed by atoms with van der Waals surface area (Å²) in [4.78, 5) is 47.8. The van der Waals surface area contributed by atoms with E-state index in [1.807, 2.05) is 0 Å². The fraction of sp³-hybridized carbons (Fsp3) is 0.125. The molecule has 294 valence electrons. The van der Waals surface area contributed by atoms with Gasteiger partial charge in [-0.1, -0.05) is 74.3 Å². The van der Waals surface area contributed by atoms with Crippen LogP contribution in [0.2, 0.25) is 0 Å². The average molecular weight is 781 g/mol. The van der Waals surface area contributed by atoms with Crippen LogP contribution in [0.1, 0.15) is 72.2 Å². The van der Waals surface area contributed by atoms with E-state index in [0.29, 0.717) is 27.8 Å². The van der Waals surface area contributed by atoms with E-state index in [4.69, 9.17) is 23.7 Å². The summed E-state index contributed by atoms with van der Waals surface area (Å²) in [6, 6.07) is 15.7. The highest BCUT2D eigenvalue weighted by Crippen LogP contribution is 2.33. The first-order valence-electron chi connectivity index (χ1n) is 17.5. The van der Waals surface area contributed by atoms with Gasteiger partial charge in [0, 0.05) is 44.5 Å². The molecule has 0 fully saturated rings. The minimum absolute atomic E-state index is 0.106. The Labute approximate surface area is 337 Å². The van der Waals surface area contributed by atoms with Gasteiger partial charge in [0.25, 0.3) is 0 Å². The normalized spacial score (nSPS) is 10.6. The third kappa shape index (κ3) is 14.5. The van der Waals surface area contributed by atoms with Crippen molar-refractivity contribution < 1.29 is 47.3 Å². The van der Waals surface area contributed by atoms with Gasteiger partial charge in [-0.2, -0.15) is 0 Å². The fourth-order valence-electron chi connectivity index (χ4n) is 4.23. The number of benzene rings is 3. The van der Waals surface area contributed by atoms with Crippen LogP contribution < -0.4 is 4.74 Å². The Balaban J connectivity index is 2.21. The Morgan fingerprint density at radius 3 is 1.38 bits per heavy atom. The first-order chi connectivity index (χ1) is 27.7. The van der Waals surface area contributed by atoms with E-state index in [1.54, 1.807) is 80.6 Å². The second-order valence-electron chi connectivity index (χ2n) is 12.4. The third-order valence-electron chi connectivity index (χ3n) is 7.27. The van der Waals surface area contributed by atoms with Gasteiger partial charge >= 0.3 is 23.9 Å². The summed E-state index contributed by atoms with van der Waals surface area (Å²) < 4.78 is 40.2. The Bertz CT molecular complexity index is 2350. The van der Waals surface area contributed by atoms with Gasteiger partial charge in [-0.3, -0.25) is 0 Å². The Kier molecular flexibility index (Phi) is 17.4. The smallest absolute Gasteiger partial charge is 0.337 e. The van der Waals surface area contributed by atoms with Crippen LogP contribution in [0.5, 0.6) is 5.75 Å². The predicted molar refractivity (Wildman–Crippen MR) is 223 cm³/mol. The van der Waals surface area contributed by atoms with Crippen molar-refractivity contribution in [2.45, 2.75) is 27.7 Å². The van der Waals surface area contributed by atoms with Crippen LogP contribution in [-0.2, 0) is 38.1 Å². The third-order valence-corrected chi connectivity index (χ3v) is 7.27. The number of alkyl halides is 1. The van der Waals surface area contributed by atoms with E-state index in [9.17, 15) is 23.6 Å². The molecule has 58 heavy (non-hydrogen) atoms. The predicted octanol–water partition coefficient (Wildman–Crippen LogP) is 9.19. The van der Waals surface area contributed by atoms with Crippen molar-refractivity contribution in [2.24, 2.45) is 0 Å². The first kappa shape index (κ1) is 44.7. The molecular weight excluding hydrogens is 740 g/mol. The van der Waals surface area contributed by atoms with E-state index in [1.165, 1.54) is 44.8 Å². The van der Waals surface area contributed by atoms with Crippen molar-refractivity contribution in [1.82, 2.24) is 0 Å². The van der Waals surface area contributed by atoms with Crippen molar-refractivity contribution in [2.75, 3.05) is 13.3 Å². The molecule has 10 heteroatoms. The molecule has 9 nitrogen and oxygen atoms in total. The van der Waals surface area contributed by atoms with Crippen LogP contribution in [0.15, 0.2) is 128 Å². The molecule has 0 saturated carbocycles. The number of hydrogen-bond acceptors (Lipinski definition) is 9. The lowest BCUT2D eigenvalue weighted by Crippen LogP contribution is -2.06. The van der Waals surface area contributed by atoms with Crippen LogP contribution >= 0.6 is 0 Å². The Hall–Kier alpha value is -7.69. The Morgan fingerprint density at radius 2 is 0.966 bits per heavy atom. The van der Waals surface area contributed by atoms with E-state index >= 15 is 0 Å². The molecule has 0 aliphatic heterocycles. The zero-order valence-electron chi connectivity index (χ0n) is 32.6. The van der Waals surface area contributed by atoms with Gasteiger partial charge in [-0.05, 0) is 99.0 Å². The lowest BCUT2D eigenvalue weighted by atomic mass is 9.95. The van der Waals surface area contributed by atoms with E-state index in [2.05, 4.69) is 50.0 Å². The SMILES string of the molecule is C=C(C)C(=O)O/C=C/c1ccc(C#Cc2cc(/C=C/OC(=O)C(=C)C)c(C#Cc3ccc(/C=C/OC(=O)C(=C)C)cc3)c(OCCF)c2/C=C/OC(=O)C(=C)C)cc1. The largest absolute Gasteiger partial charge is 0.489 e. The summed E-state index contributed by atoms with van der Waals surface area (Å²) >= 11 is 0. The quantitative estimate of drug-likeness (QED) is 0.0490. The molecule has 0 spiro atoms. The minimum Gasteiger partial charge on any atom is -0.489 e. The maximum atomic E-state index is 13.7. The van der Waals surface area contributed by atoms with Gasteiger partial charge < -0.3 is 23.7 Å². The fourth-order valence-corrected chi connectivity index (χ4v) is 4.23. The van der Waals surface area contributed by atoms with Gasteiger partial charge in [0.2, 0.25) is 0 Å². The summed E-state index contributed by atoms with van der Waals surface area (Å²) in [5.41, 5.74) is 4.84. The molecule has 0 bridgehead atoms. The van der Waals surface area contributed by atoms with Crippen molar-refractivity contribution in [3.05, 3.63) is 173 Å². The molecule has 3 aromatic rings. The van der Waals surface area contributed by atoms with Crippen LogP contribution in [-0.4, -0.2) is 37.2 Å². The number of halogens is 1. The molecule has 0 heterocycles. The van der Waals surface area contributed by atoms with Gasteiger partial charge in [-0.25, -0.2) is 23.6 Å². The molecule has 0 amide bonds. The molecule has 3 rings (SSSR count). The summed E-state index contributed by atoms with van der Waals surface area (Å²) in [5.74, 6) is 10.1. The van der Waals surface area contributed by atoms with E-state index in [-0.39, 0.29) is 40.2 Å². The van der Waals surface area contributed by atoms with Gasteiger partial charge in [-0.15, -0.1) is 0 Å². The highest BCUT2D eigenvalue weighted by Gasteiger charge is 2.17. The van der Waals surface area contributed by atoms with E-state index in [0.717, 1.165) is 17.4 Å². The number of ether oxygens (including phenoxy) is 5. The first-order valence-corrected chi connectivity index (χ1v) is 17.5. The highest BCUT2D eigenvalue weighted by atomic mass is 19.1. The van der Waals surface area contributed by atoms with Crippen molar-refractivity contribution in [3.8, 4) is 29.4 Å². The monoisotopic (exact) mass is 780 g/mol. The minimum atomic E-state index is -0.845. The van der Waals surface area contributed by atoms with E-state index < -0.39 is 30.6 Å². The molecular formula is C48H41FO9. The topological polar surface area (TPSA) is 114 Å². The average Bonchev–Trinajstić information content (AvgIpc) is 3.19. The number of esters is 4. The van der Waals surface area contributed by atoms with Gasteiger partial charge in [0.05, 0.1) is 30.6 Å². The highest BCUT2D eigenvalue weighted by molar-refractivity contribution is 5.89. The second-order valence-corrected chi connectivity index (χ2v) is 12.4. The number of carbonyl (C=O) groups is 4. The molecule has 0 atom stereocenters. The van der Waals surface area contributed by atoms with Crippen molar-refractivity contribution in [1.29, 1.82) is 0 Å². The molecule has 0 unspecified atom stereocenters. The van der Waals surface area contributed by atoms with Crippen molar-refractivity contribution in [3.63, 3.8) is 0 Å². The number of rotatable bonds is 15. The molecule has 3 aromatic carbocycles. The molecule has 0 saturated heterocycles. The summed E-state index contributed by atoms with van der Waals surface area (Å²) in [5, 5.41) is 0. The number of hydrogen-bond donors (Lipinski definition) is 0. The van der Waals surface area contributed by atoms with Crippen LogP contribution in [0.4, 0.5) is 4.39 Å². The molecule has 0 aromatic heterocycles. The van der Waals surface area contributed by atoms with Gasteiger partial charge in [0.15, 0.2) is 0 Å². The number of carbonyl (C=O) groups excluding carboxylic acids is 4.